The second kappa shape index (κ2) is 56.0. The molecule has 0 heterocycles. The number of hydrogen-bond acceptors (Lipinski definition) is 6. The second-order valence-corrected chi connectivity index (χ2v) is 19.5. The van der Waals surface area contributed by atoms with Crippen LogP contribution in [0.15, 0.2) is 48.6 Å². The van der Waals surface area contributed by atoms with Crippen LogP contribution < -0.4 is 0 Å². The summed E-state index contributed by atoms with van der Waals surface area (Å²) < 4.78 is 16.8. The fourth-order valence-corrected chi connectivity index (χ4v) is 8.49. The lowest BCUT2D eigenvalue weighted by molar-refractivity contribution is -0.167. The Bertz CT molecular complexity index is 1170. The van der Waals surface area contributed by atoms with E-state index in [-0.39, 0.29) is 31.1 Å². The standard InChI is InChI=1S/C61H110O6/c1-4-7-10-13-16-19-22-24-26-28-29-30-31-33-35-37-40-43-46-49-52-55-61(64)67-58(56-65-59(62)53-50-47-44-41-38-21-18-15-12-9-6-3)57-66-60(63)54-51-48-45-42-39-36-34-32-27-25-23-20-17-14-11-8-5-2/h8,11,17,20,25,27,34,36,58H,4-7,9-10,12-16,18-19,21-24,26,28-33,35,37-57H2,1-3H3/b11-8-,20-17-,27-25-,36-34-/t58-/m0/s1. The number of hydrogen-bond donors (Lipinski definition) is 0. The third-order valence-corrected chi connectivity index (χ3v) is 12.8. The van der Waals surface area contributed by atoms with E-state index in [0.29, 0.717) is 19.3 Å². The first-order chi connectivity index (χ1) is 33.0. The summed E-state index contributed by atoms with van der Waals surface area (Å²) in [6, 6.07) is 0. The Morgan fingerprint density at radius 2 is 0.582 bits per heavy atom. The molecule has 0 saturated heterocycles. The Labute approximate surface area is 416 Å². The van der Waals surface area contributed by atoms with Crippen LogP contribution in [0.1, 0.15) is 303 Å². The topological polar surface area (TPSA) is 78.9 Å². The maximum Gasteiger partial charge on any atom is 0.306 e. The van der Waals surface area contributed by atoms with E-state index >= 15 is 0 Å². The quantitative estimate of drug-likeness (QED) is 0.0262. The molecule has 6 nitrogen and oxygen atoms in total. The number of allylic oxidation sites excluding steroid dienone is 8. The monoisotopic (exact) mass is 939 g/mol. The van der Waals surface area contributed by atoms with Crippen molar-refractivity contribution in [1.29, 1.82) is 0 Å². The Morgan fingerprint density at radius 1 is 0.313 bits per heavy atom. The molecule has 0 radical (unpaired) electrons. The normalized spacial score (nSPS) is 12.3. The molecular weight excluding hydrogens is 829 g/mol. The highest BCUT2D eigenvalue weighted by Gasteiger charge is 2.19. The summed E-state index contributed by atoms with van der Waals surface area (Å²) in [5.41, 5.74) is 0. The van der Waals surface area contributed by atoms with Crippen LogP contribution in [0, 0.1) is 0 Å². The van der Waals surface area contributed by atoms with E-state index in [9.17, 15) is 14.4 Å². The maximum absolute atomic E-state index is 12.9. The van der Waals surface area contributed by atoms with Crippen LogP contribution in [-0.4, -0.2) is 37.2 Å². The van der Waals surface area contributed by atoms with Gasteiger partial charge in [-0.15, -0.1) is 0 Å². The number of carbonyl (C=O) groups excluding carboxylic acids is 3. The van der Waals surface area contributed by atoms with Crippen molar-refractivity contribution in [1.82, 2.24) is 0 Å². The summed E-state index contributed by atoms with van der Waals surface area (Å²) in [7, 11) is 0. The van der Waals surface area contributed by atoms with E-state index in [4.69, 9.17) is 14.2 Å². The van der Waals surface area contributed by atoms with Crippen molar-refractivity contribution in [2.45, 2.75) is 309 Å². The fraction of sp³-hybridized carbons (Fsp3) is 0.820. The number of ether oxygens (including phenoxy) is 3. The molecular formula is C61H110O6. The van der Waals surface area contributed by atoms with Gasteiger partial charge in [0.2, 0.25) is 0 Å². The Hall–Kier alpha value is -2.63. The molecule has 0 aromatic carbocycles. The first kappa shape index (κ1) is 64.4. The van der Waals surface area contributed by atoms with Crippen molar-refractivity contribution in [3.05, 3.63) is 48.6 Å². The molecule has 0 N–H and O–H groups in total. The van der Waals surface area contributed by atoms with E-state index in [0.717, 1.165) is 96.3 Å². The highest BCUT2D eigenvalue weighted by atomic mass is 16.6. The second-order valence-electron chi connectivity index (χ2n) is 19.5. The van der Waals surface area contributed by atoms with E-state index < -0.39 is 6.10 Å². The molecule has 0 unspecified atom stereocenters. The third-order valence-electron chi connectivity index (χ3n) is 12.8. The zero-order valence-corrected chi connectivity index (χ0v) is 44.7. The van der Waals surface area contributed by atoms with Crippen LogP contribution in [-0.2, 0) is 28.6 Å². The highest BCUT2D eigenvalue weighted by molar-refractivity contribution is 5.71. The van der Waals surface area contributed by atoms with Crippen molar-refractivity contribution >= 4 is 17.9 Å². The van der Waals surface area contributed by atoms with Gasteiger partial charge in [0.05, 0.1) is 0 Å². The highest BCUT2D eigenvalue weighted by Crippen LogP contribution is 2.17. The van der Waals surface area contributed by atoms with Gasteiger partial charge in [0, 0.05) is 19.3 Å². The maximum atomic E-state index is 12.9. The molecule has 6 heteroatoms. The van der Waals surface area contributed by atoms with E-state index in [1.54, 1.807) is 0 Å². The zero-order valence-electron chi connectivity index (χ0n) is 44.7. The summed E-state index contributed by atoms with van der Waals surface area (Å²) in [5.74, 6) is -0.886. The molecule has 0 aromatic rings. The van der Waals surface area contributed by atoms with Crippen LogP contribution in [0.2, 0.25) is 0 Å². The van der Waals surface area contributed by atoms with Gasteiger partial charge >= 0.3 is 17.9 Å². The molecule has 0 aliphatic rings. The van der Waals surface area contributed by atoms with Gasteiger partial charge in [-0.2, -0.15) is 0 Å². The van der Waals surface area contributed by atoms with Gasteiger partial charge < -0.3 is 14.2 Å². The van der Waals surface area contributed by atoms with Crippen LogP contribution in [0.5, 0.6) is 0 Å². The largest absolute Gasteiger partial charge is 0.462 e. The zero-order chi connectivity index (χ0) is 48.6. The number of unbranched alkanes of at least 4 members (excludes halogenated alkanes) is 34. The number of esters is 3. The molecule has 0 saturated carbocycles. The van der Waals surface area contributed by atoms with E-state index in [1.807, 2.05) is 0 Å². The first-order valence-corrected chi connectivity index (χ1v) is 29.1. The van der Waals surface area contributed by atoms with Crippen molar-refractivity contribution < 1.29 is 28.6 Å². The van der Waals surface area contributed by atoms with Crippen LogP contribution in [0.4, 0.5) is 0 Å². The molecule has 67 heavy (non-hydrogen) atoms. The predicted octanol–water partition coefficient (Wildman–Crippen LogP) is 19.4. The summed E-state index contributed by atoms with van der Waals surface area (Å²) in [6.45, 7) is 6.54. The molecule has 0 spiro atoms. The number of rotatable bonds is 53. The van der Waals surface area contributed by atoms with Gasteiger partial charge in [0.15, 0.2) is 6.10 Å². The van der Waals surface area contributed by atoms with Crippen LogP contribution in [0.25, 0.3) is 0 Å². The van der Waals surface area contributed by atoms with Gasteiger partial charge in [0.1, 0.15) is 13.2 Å². The SMILES string of the molecule is CC/C=C\C/C=C\C/C=C\C/C=C\CCCCCCC(=O)OC[C@H](COC(=O)CCCCCCCCCCCCC)OC(=O)CCCCCCCCCCCCCCCCCCCCCCC. The minimum Gasteiger partial charge on any atom is -0.462 e. The Balaban J connectivity index is 4.31. The van der Waals surface area contributed by atoms with Crippen molar-refractivity contribution in [3.8, 4) is 0 Å². The summed E-state index contributed by atoms with van der Waals surface area (Å²) in [6.07, 6.45) is 68.2. The average molecular weight is 940 g/mol. The van der Waals surface area contributed by atoms with Gasteiger partial charge in [-0.1, -0.05) is 275 Å². The Morgan fingerprint density at radius 3 is 0.910 bits per heavy atom. The molecule has 0 bridgehead atoms. The van der Waals surface area contributed by atoms with Crippen LogP contribution in [0.3, 0.4) is 0 Å². The summed E-state index contributed by atoms with van der Waals surface area (Å²) in [5, 5.41) is 0. The molecule has 0 aliphatic carbocycles. The minimum atomic E-state index is -0.779. The average Bonchev–Trinajstić information content (AvgIpc) is 3.33. The number of carbonyl (C=O) groups is 3. The fourth-order valence-electron chi connectivity index (χ4n) is 8.49. The van der Waals surface area contributed by atoms with E-state index in [2.05, 4.69) is 69.4 Å². The van der Waals surface area contributed by atoms with Gasteiger partial charge in [-0.25, -0.2) is 0 Å². The van der Waals surface area contributed by atoms with Gasteiger partial charge in [-0.05, 0) is 57.8 Å². The summed E-state index contributed by atoms with van der Waals surface area (Å²) in [4.78, 5) is 38.1. The lowest BCUT2D eigenvalue weighted by Crippen LogP contribution is -2.30. The lowest BCUT2D eigenvalue weighted by atomic mass is 10.0. The minimum absolute atomic E-state index is 0.0769. The van der Waals surface area contributed by atoms with Crippen LogP contribution >= 0.6 is 0 Å². The van der Waals surface area contributed by atoms with Gasteiger partial charge in [0.25, 0.3) is 0 Å². The molecule has 390 valence electrons. The smallest absolute Gasteiger partial charge is 0.306 e. The molecule has 0 amide bonds. The third kappa shape index (κ3) is 54.2. The molecule has 1 atom stereocenters. The molecule has 0 rings (SSSR count). The molecule has 0 aromatic heterocycles. The Kier molecular flexibility index (Phi) is 53.8. The summed E-state index contributed by atoms with van der Waals surface area (Å²) >= 11 is 0. The molecule has 0 fully saturated rings. The van der Waals surface area contributed by atoms with Crippen molar-refractivity contribution in [2.75, 3.05) is 13.2 Å². The predicted molar refractivity (Wildman–Crippen MR) is 289 cm³/mol. The lowest BCUT2D eigenvalue weighted by Gasteiger charge is -2.18. The molecule has 0 aliphatic heterocycles. The first-order valence-electron chi connectivity index (χ1n) is 29.1. The van der Waals surface area contributed by atoms with Gasteiger partial charge in [-0.3, -0.25) is 14.4 Å². The van der Waals surface area contributed by atoms with Crippen molar-refractivity contribution in [2.24, 2.45) is 0 Å². The van der Waals surface area contributed by atoms with Crippen molar-refractivity contribution in [3.63, 3.8) is 0 Å². The van der Waals surface area contributed by atoms with E-state index in [1.165, 1.54) is 167 Å².